The van der Waals surface area contributed by atoms with Gasteiger partial charge in [-0.25, -0.2) is 0 Å². The van der Waals surface area contributed by atoms with E-state index in [-0.39, 0.29) is 0 Å². The normalized spacial score (nSPS) is 26.5. The molecule has 0 amide bonds. The summed E-state index contributed by atoms with van der Waals surface area (Å²) >= 11 is 1.65. The van der Waals surface area contributed by atoms with Crippen LogP contribution in [0.1, 0.15) is 29.7 Å². The lowest BCUT2D eigenvalue weighted by molar-refractivity contribution is 0.0346. The van der Waals surface area contributed by atoms with Crippen LogP contribution in [0, 0.1) is 5.92 Å². The SMILES string of the molecule is CC(O)(c1cccs1)C1CC1c1ccccc1. The van der Waals surface area contributed by atoms with Gasteiger partial charge in [0.05, 0.1) is 5.60 Å². The maximum absolute atomic E-state index is 10.7. The standard InChI is InChI=1S/C15H16OS/c1-15(16,14-8-5-9-17-14)13-10-12(13)11-6-3-2-4-7-11/h2-9,12-13,16H,10H2,1H3. The zero-order valence-electron chi connectivity index (χ0n) is 9.84. The third-order valence-corrected chi connectivity index (χ3v) is 4.86. The Morgan fingerprint density at radius 3 is 2.59 bits per heavy atom. The average molecular weight is 244 g/mol. The van der Waals surface area contributed by atoms with E-state index < -0.39 is 5.60 Å². The highest BCUT2D eigenvalue weighted by Gasteiger charge is 2.51. The summed E-state index contributed by atoms with van der Waals surface area (Å²) in [4.78, 5) is 1.08. The van der Waals surface area contributed by atoms with Crippen LogP contribution in [0.25, 0.3) is 0 Å². The van der Waals surface area contributed by atoms with E-state index in [1.165, 1.54) is 5.56 Å². The highest BCUT2D eigenvalue weighted by molar-refractivity contribution is 7.10. The van der Waals surface area contributed by atoms with E-state index in [4.69, 9.17) is 0 Å². The molecule has 1 saturated carbocycles. The fourth-order valence-corrected chi connectivity index (χ4v) is 3.49. The Morgan fingerprint density at radius 2 is 1.94 bits per heavy atom. The molecule has 1 nitrogen and oxygen atoms in total. The lowest BCUT2D eigenvalue weighted by Crippen LogP contribution is -2.23. The zero-order valence-corrected chi connectivity index (χ0v) is 10.7. The van der Waals surface area contributed by atoms with E-state index in [0.29, 0.717) is 11.8 Å². The van der Waals surface area contributed by atoms with E-state index in [9.17, 15) is 5.11 Å². The van der Waals surface area contributed by atoms with Gasteiger partial charge in [0.2, 0.25) is 0 Å². The van der Waals surface area contributed by atoms with Gasteiger partial charge in [-0.15, -0.1) is 11.3 Å². The maximum atomic E-state index is 10.7. The van der Waals surface area contributed by atoms with Gasteiger partial charge in [-0.05, 0) is 42.2 Å². The first-order valence-electron chi connectivity index (χ1n) is 6.01. The molecule has 0 bridgehead atoms. The third kappa shape index (κ3) is 1.92. The molecule has 3 atom stereocenters. The lowest BCUT2D eigenvalue weighted by Gasteiger charge is -2.22. The molecule has 1 aliphatic carbocycles. The Labute approximate surface area is 106 Å². The highest BCUT2D eigenvalue weighted by atomic mass is 32.1. The van der Waals surface area contributed by atoms with Gasteiger partial charge in [0, 0.05) is 4.88 Å². The van der Waals surface area contributed by atoms with E-state index in [1.54, 1.807) is 11.3 Å². The molecule has 3 rings (SSSR count). The van der Waals surface area contributed by atoms with Gasteiger partial charge in [0.25, 0.3) is 0 Å². The molecule has 1 N–H and O–H groups in total. The fraction of sp³-hybridized carbons (Fsp3) is 0.333. The van der Waals surface area contributed by atoms with E-state index in [0.717, 1.165) is 11.3 Å². The Balaban J connectivity index is 1.81. The fourth-order valence-electron chi connectivity index (χ4n) is 2.63. The van der Waals surface area contributed by atoms with Gasteiger partial charge in [-0.3, -0.25) is 0 Å². The zero-order chi connectivity index (χ0) is 11.9. The van der Waals surface area contributed by atoms with Crippen molar-refractivity contribution < 1.29 is 5.11 Å². The molecule has 0 spiro atoms. The molecule has 3 unspecified atom stereocenters. The first-order chi connectivity index (χ1) is 8.19. The van der Waals surface area contributed by atoms with Gasteiger partial charge < -0.3 is 5.11 Å². The van der Waals surface area contributed by atoms with Crippen molar-refractivity contribution in [1.82, 2.24) is 0 Å². The van der Waals surface area contributed by atoms with Crippen LogP contribution in [-0.4, -0.2) is 5.11 Å². The largest absolute Gasteiger partial charge is 0.384 e. The molecule has 17 heavy (non-hydrogen) atoms. The summed E-state index contributed by atoms with van der Waals surface area (Å²) in [7, 11) is 0. The molecule has 88 valence electrons. The molecule has 0 aliphatic heterocycles. The summed E-state index contributed by atoms with van der Waals surface area (Å²) in [6.45, 7) is 1.95. The molecular weight excluding hydrogens is 228 g/mol. The Bertz CT molecular complexity index is 487. The van der Waals surface area contributed by atoms with E-state index >= 15 is 0 Å². The summed E-state index contributed by atoms with van der Waals surface area (Å²) in [6, 6.07) is 14.6. The van der Waals surface area contributed by atoms with Gasteiger partial charge in [-0.2, -0.15) is 0 Å². The van der Waals surface area contributed by atoms with Crippen LogP contribution in [0.5, 0.6) is 0 Å². The molecule has 0 radical (unpaired) electrons. The molecule has 1 fully saturated rings. The van der Waals surface area contributed by atoms with Crippen molar-refractivity contribution in [1.29, 1.82) is 0 Å². The predicted molar refractivity (Wildman–Crippen MR) is 71.2 cm³/mol. The van der Waals surface area contributed by atoms with Gasteiger partial charge in [-0.1, -0.05) is 36.4 Å². The minimum Gasteiger partial charge on any atom is -0.384 e. The minimum atomic E-state index is -0.672. The Hall–Kier alpha value is -1.12. The summed E-state index contributed by atoms with van der Waals surface area (Å²) in [5.41, 5.74) is 0.684. The predicted octanol–water partition coefficient (Wildman–Crippen LogP) is 3.76. The third-order valence-electron chi connectivity index (χ3n) is 3.76. The number of benzene rings is 1. The van der Waals surface area contributed by atoms with Gasteiger partial charge >= 0.3 is 0 Å². The summed E-state index contributed by atoms with van der Waals surface area (Å²) in [6.07, 6.45) is 1.09. The van der Waals surface area contributed by atoms with Crippen LogP contribution >= 0.6 is 11.3 Å². The van der Waals surface area contributed by atoms with Crippen molar-refractivity contribution in [2.24, 2.45) is 5.92 Å². The maximum Gasteiger partial charge on any atom is 0.0993 e. The summed E-state index contributed by atoms with van der Waals surface area (Å²) < 4.78 is 0. The van der Waals surface area contributed by atoms with Gasteiger partial charge in [0.1, 0.15) is 0 Å². The van der Waals surface area contributed by atoms with Crippen molar-refractivity contribution >= 4 is 11.3 Å². The van der Waals surface area contributed by atoms with E-state index in [2.05, 4.69) is 24.3 Å². The second-order valence-corrected chi connectivity index (χ2v) is 5.93. The molecule has 2 aromatic rings. The van der Waals surface area contributed by atoms with Crippen LogP contribution in [-0.2, 0) is 5.60 Å². The van der Waals surface area contributed by atoms with Crippen LogP contribution < -0.4 is 0 Å². The molecule has 1 heterocycles. The molecule has 0 saturated heterocycles. The van der Waals surface area contributed by atoms with Crippen molar-refractivity contribution in [3.63, 3.8) is 0 Å². The summed E-state index contributed by atoms with van der Waals surface area (Å²) in [5.74, 6) is 0.886. The van der Waals surface area contributed by atoms with Crippen LogP contribution in [0.2, 0.25) is 0 Å². The van der Waals surface area contributed by atoms with Crippen molar-refractivity contribution in [3.05, 3.63) is 58.3 Å². The number of aliphatic hydroxyl groups is 1. The Morgan fingerprint density at radius 1 is 1.18 bits per heavy atom. The number of rotatable bonds is 3. The topological polar surface area (TPSA) is 20.2 Å². The van der Waals surface area contributed by atoms with Crippen LogP contribution in [0.4, 0.5) is 0 Å². The first kappa shape index (κ1) is 11.0. The molecule has 2 heteroatoms. The van der Waals surface area contributed by atoms with Crippen molar-refractivity contribution in [2.45, 2.75) is 24.9 Å². The molecule has 1 aliphatic rings. The number of hydrogen-bond acceptors (Lipinski definition) is 2. The summed E-state index contributed by atoms with van der Waals surface area (Å²) in [5, 5.41) is 12.7. The quantitative estimate of drug-likeness (QED) is 0.871. The van der Waals surface area contributed by atoms with Gasteiger partial charge in [0.15, 0.2) is 0 Å². The molecule has 1 aromatic heterocycles. The van der Waals surface area contributed by atoms with Crippen molar-refractivity contribution in [3.8, 4) is 0 Å². The Kier molecular flexibility index (Phi) is 2.57. The minimum absolute atomic E-state index is 0.364. The monoisotopic (exact) mass is 244 g/mol. The van der Waals surface area contributed by atoms with E-state index in [1.807, 2.05) is 30.5 Å². The number of hydrogen-bond donors (Lipinski definition) is 1. The smallest absolute Gasteiger partial charge is 0.0993 e. The first-order valence-corrected chi connectivity index (χ1v) is 6.89. The average Bonchev–Trinajstić information content (AvgIpc) is 2.97. The number of thiophene rings is 1. The molecule has 1 aromatic carbocycles. The van der Waals surface area contributed by atoms with Crippen LogP contribution in [0.15, 0.2) is 47.8 Å². The van der Waals surface area contributed by atoms with Crippen molar-refractivity contribution in [2.75, 3.05) is 0 Å². The molecular formula is C15H16OS. The second kappa shape index (κ2) is 3.97. The second-order valence-electron chi connectivity index (χ2n) is 4.98. The lowest BCUT2D eigenvalue weighted by atomic mass is 9.95. The van der Waals surface area contributed by atoms with Crippen LogP contribution in [0.3, 0.4) is 0 Å². The highest BCUT2D eigenvalue weighted by Crippen LogP contribution is 2.57.